The summed E-state index contributed by atoms with van der Waals surface area (Å²) in [5.74, 6) is -0.879. The van der Waals surface area contributed by atoms with Crippen LogP contribution in [0.1, 0.15) is 36.4 Å². The highest BCUT2D eigenvalue weighted by atomic mass is 19.1. The lowest BCUT2D eigenvalue weighted by atomic mass is 10.1. The Labute approximate surface area is 106 Å². The molecule has 1 aromatic rings. The lowest BCUT2D eigenvalue weighted by Crippen LogP contribution is -2.24. The highest BCUT2D eigenvalue weighted by molar-refractivity contribution is 5.66. The number of carbonyl (C=O) groups is 1. The van der Waals surface area contributed by atoms with Crippen molar-refractivity contribution in [3.8, 4) is 0 Å². The fraction of sp³-hybridized carbons (Fsp3) is 0.500. The minimum atomic E-state index is -0.763. The molecule has 1 aromatic carbocycles. The molecule has 1 unspecified atom stereocenters. The van der Waals surface area contributed by atoms with E-state index < -0.39 is 5.97 Å². The van der Waals surface area contributed by atoms with Gasteiger partial charge >= 0.3 is 5.97 Å². The Bertz CT molecular complexity index is 447. The van der Waals surface area contributed by atoms with Crippen LogP contribution in [0.3, 0.4) is 0 Å². The van der Waals surface area contributed by atoms with E-state index in [-0.39, 0.29) is 18.3 Å². The zero-order chi connectivity index (χ0) is 13.1. The van der Waals surface area contributed by atoms with Crippen molar-refractivity contribution in [2.75, 3.05) is 13.6 Å². The third-order valence-electron chi connectivity index (χ3n) is 3.62. The molecule has 18 heavy (non-hydrogen) atoms. The normalized spacial score (nSPS) is 18.1. The van der Waals surface area contributed by atoms with Crippen molar-refractivity contribution in [2.45, 2.75) is 31.7 Å². The Balaban J connectivity index is 2.00. The first-order valence-electron chi connectivity index (χ1n) is 6.29. The third kappa shape index (κ3) is 2.70. The SMILES string of the molecule is CN(CCCC(=O)O)C1CCc2c(F)cccc21. The molecule has 0 radical (unpaired) electrons. The van der Waals surface area contributed by atoms with E-state index in [1.807, 2.05) is 13.1 Å². The molecule has 0 saturated carbocycles. The van der Waals surface area contributed by atoms with Gasteiger partial charge in [0.05, 0.1) is 0 Å². The summed E-state index contributed by atoms with van der Waals surface area (Å²) in [6.07, 6.45) is 2.51. The maximum Gasteiger partial charge on any atom is 0.303 e. The minimum Gasteiger partial charge on any atom is -0.481 e. The van der Waals surface area contributed by atoms with Gasteiger partial charge in [-0.1, -0.05) is 12.1 Å². The number of carboxylic acid groups (broad SMARTS) is 1. The smallest absolute Gasteiger partial charge is 0.303 e. The molecule has 2 rings (SSSR count). The van der Waals surface area contributed by atoms with Gasteiger partial charge in [-0.3, -0.25) is 9.69 Å². The standard InChI is InChI=1S/C14H18FNO2/c1-16(9-3-6-14(17)18)13-8-7-10-11(13)4-2-5-12(10)15/h2,4-5,13H,3,6-9H2,1H3,(H,17,18). The molecule has 0 aromatic heterocycles. The average molecular weight is 251 g/mol. The van der Waals surface area contributed by atoms with Crippen LogP contribution in [0.2, 0.25) is 0 Å². The second kappa shape index (κ2) is 5.48. The van der Waals surface area contributed by atoms with E-state index in [1.165, 1.54) is 6.07 Å². The summed E-state index contributed by atoms with van der Waals surface area (Å²) in [7, 11) is 1.98. The van der Waals surface area contributed by atoms with Gasteiger partial charge in [-0.2, -0.15) is 0 Å². The predicted molar refractivity (Wildman–Crippen MR) is 67.0 cm³/mol. The number of hydrogen-bond donors (Lipinski definition) is 1. The molecule has 0 fully saturated rings. The lowest BCUT2D eigenvalue weighted by Gasteiger charge is -2.24. The van der Waals surface area contributed by atoms with Crippen molar-refractivity contribution >= 4 is 5.97 Å². The van der Waals surface area contributed by atoms with E-state index >= 15 is 0 Å². The quantitative estimate of drug-likeness (QED) is 0.874. The Kier molecular flexibility index (Phi) is 3.97. The first kappa shape index (κ1) is 13.0. The summed E-state index contributed by atoms with van der Waals surface area (Å²) in [5.41, 5.74) is 1.89. The van der Waals surface area contributed by atoms with Crippen LogP contribution in [0.15, 0.2) is 18.2 Å². The van der Waals surface area contributed by atoms with Crippen LogP contribution < -0.4 is 0 Å². The van der Waals surface area contributed by atoms with Crippen molar-refractivity contribution in [1.82, 2.24) is 4.90 Å². The van der Waals surface area contributed by atoms with Crippen LogP contribution in [0.4, 0.5) is 4.39 Å². The van der Waals surface area contributed by atoms with E-state index in [0.717, 1.165) is 30.5 Å². The Hall–Kier alpha value is -1.42. The molecule has 0 amide bonds. The van der Waals surface area contributed by atoms with E-state index in [9.17, 15) is 9.18 Å². The number of carboxylic acids is 1. The topological polar surface area (TPSA) is 40.5 Å². The van der Waals surface area contributed by atoms with Gasteiger partial charge in [0.25, 0.3) is 0 Å². The van der Waals surface area contributed by atoms with Crippen LogP contribution in [0.25, 0.3) is 0 Å². The first-order valence-corrected chi connectivity index (χ1v) is 6.29. The van der Waals surface area contributed by atoms with Crippen molar-refractivity contribution in [2.24, 2.45) is 0 Å². The van der Waals surface area contributed by atoms with Crippen LogP contribution >= 0.6 is 0 Å². The molecule has 1 aliphatic rings. The Morgan fingerprint density at radius 2 is 2.33 bits per heavy atom. The second-order valence-electron chi connectivity index (χ2n) is 4.84. The minimum absolute atomic E-state index is 0.117. The molecule has 4 heteroatoms. The molecule has 98 valence electrons. The fourth-order valence-corrected chi connectivity index (χ4v) is 2.68. The molecular weight excluding hydrogens is 233 g/mol. The summed E-state index contributed by atoms with van der Waals surface area (Å²) in [5, 5.41) is 8.62. The van der Waals surface area contributed by atoms with Gasteiger partial charge in [0.1, 0.15) is 5.82 Å². The second-order valence-corrected chi connectivity index (χ2v) is 4.84. The van der Waals surface area contributed by atoms with E-state index in [0.29, 0.717) is 6.42 Å². The van der Waals surface area contributed by atoms with Crippen molar-refractivity contribution < 1.29 is 14.3 Å². The van der Waals surface area contributed by atoms with Crippen molar-refractivity contribution in [1.29, 1.82) is 0 Å². The van der Waals surface area contributed by atoms with Crippen LogP contribution in [0.5, 0.6) is 0 Å². The number of hydrogen-bond acceptors (Lipinski definition) is 2. The van der Waals surface area contributed by atoms with Crippen LogP contribution in [-0.4, -0.2) is 29.6 Å². The summed E-state index contributed by atoms with van der Waals surface area (Å²) in [6.45, 7) is 0.729. The van der Waals surface area contributed by atoms with E-state index in [1.54, 1.807) is 6.07 Å². The average Bonchev–Trinajstić information content (AvgIpc) is 2.73. The zero-order valence-corrected chi connectivity index (χ0v) is 10.5. The first-order chi connectivity index (χ1) is 8.59. The number of fused-ring (bicyclic) bond motifs is 1. The summed E-state index contributed by atoms with van der Waals surface area (Å²) < 4.78 is 13.6. The molecule has 0 aliphatic heterocycles. The van der Waals surface area contributed by atoms with Crippen molar-refractivity contribution in [3.05, 3.63) is 35.1 Å². The molecule has 3 nitrogen and oxygen atoms in total. The predicted octanol–water partition coefficient (Wildman–Crippen LogP) is 2.61. The van der Waals surface area contributed by atoms with E-state index in [4.69, 9.17) is 5.11 Å². The molecule has 1 atom stereocenters. The summed E-state index contributed by atoms with van der Waals surface area (Å²) in [4.78, 5) is 12.6. The van der Waals surface area contributed by atoms with Gasteiger partial charge in [0.2, 0.25) is 0 Å². The van der Waals surface area contributed by atoms with Gasteiger partial charge in [-0.15, -0.1) is 0 Å². The van der Waals surface area contributed by atoms with Gasteiger partial charge < -0.3 is 5.11 Å². The molecule has 1 aliphatic carbocycles. The summed E-state index contributed by atoms with van der Waals surface area (Å²) in [6, 6.07) is 5.46. The van der Waals surface area contributed by atoms with Crippen LogP contribution in [-0.2, 0) is 11.2 Å². The molecule has 0 bridgehead atoms. The zero-order valence-electron chi connectivity index (χ0n) is 10.5. The third-order valence-corrected chi connectivity index (χ3v) is 3.62. The lowest BCUT2D eigenvalue weighted by molar-refractivity contribution is -0.137. The van der Waals surface area contributed by atoms with Gasteiger partial charge in [0, 0.05) is 12.5 Å². The Morgan fingerprint density at radius 1 is 1.56 bits per heavy atom. The molecule has 0 heterocycles. The Morgan fingerprint density at radius 3 is 3.06 bits per heavy atom. The maximum atomic E-state index is 13.6. The van der Waals surface area contributed by atoms with E-state index in [2.05, 4.69) is 4.90 Å². The molecular formula is C14H18FNO2. The largest absolute Gasteiger partial charge is 0.481 e. The van der Waals surface area contributed by atoms with Crippen molar-refractivity contribution in [3.63, 3.8) is 0 Å². The van der Waals surface area contributed by atoms with Crippen LogP contribution in [0, 0.1) is 5.82 Å². The number of aliphatic carboxylic acids is 1. The highest BCUT2D eigenvalue weighted by Crippen LogP contribution is 2.36. The maximum absolute atomic E-state index is 13.6. The van der Waals surface area contributed by atoms with Gasteiger partial charge in [0.15, 0.2) is 0 Å². The highest BCUT2D eigenvalue weighted by Gasteiger charge is 2.27. The number of nitrogens with zero attached hydrogens (tertiary/aromatic N) is 1. The fourth-order valence-electron chi connectivity index (χ4n) is 2.68. The molecule has 0 spiro atoms. The monoisotopic (exact) mass is 251 g/mol. The van der Waals surface area contributed by atoms with Gasteiger partial charge in [-0.05, 0) is 50.0 Å². The number of benzene rings is 1. The molecule has 1 N–H and O–H groups in total. The molecule has 0 saturated heterocycles. The summed E-state index contributed by atoms with van der Waals surface area (Å²) >= 11 is 0. The van der Waals surface area contributed by atoms with Gasteiger partial charge in [-0.25, -0.2) is 4.39 Å². The number of halogens is 1. The number of rotatable bonds is 5.